The Morgan fingerprint density at radius 2 is 2.09 bits per heavy atom. The lowest BCUT2D eigenvalue weighted by atomic mass is 10.1. The maximum absolute atomic E-state index is 14.2. The molecule has 6 rings (SSSR count). The smallest absolute Gasteiger partial charge is 0.321 e. The van der Waals surface area contributed by atoms with Crippen LogP contribution in [0.3, 0.4) is 0 Å². The summed E-state index contributed by atoms with van der Waals surface area (Å²) >= 11 is 1.47. The topological polar surface area (TPSA) is 104 Å². The molecule has 0 spiro atoms. The predicted octanol–water partition coefficient (Wildman–Crippen LogP) is 3.75. The summed E-state index contributed by atoms with van der Waals surface area (Å²) in [7, 11) is 2.01. The Morgan fingerprint density at radius 3 is 2.91 bits per heavy atom. The number of hydrogen-bond donors (Lipinski definition) is 3. The number of fused-ring (bicyclic) bond motifs is 5. The summed E-state index contributed by atoms with van der Waals surface area (Å²) in [5.74, 6) is 0.0442. The molecule has 2 aliphatic heterocycles. The quantitative estimate of drug-likeness (QED) is 0.370. The van der Waals surface area contributed by atoms with Crippen LogP contribution in [0, 0.1) is 5.95 Å². The molecule has 1 fully saturated rings. The number of nitrogens with one attached hydrogen (secondary N) is 3. The molecule has 1 amide bonds. The maximum atomic E-state index is 14.2. The number of likely N-dealkylation sites (tertiary alicyclic amines) is 1. The van der Waals surface area contributed by atoms with E-state index in [1.165, 1.54) is 17.4 Å². The fraction of sp³-hybridized carbons (Fsp3) is 0.333. The van der Waals surface area contributed by atoms with E-state index in [1.54, 1.807) is 0 Å². The summed E-state index contributed by atoms with van der Waals surface area (Å²) in [5, 5.41) is 11.4. The summed E-state index contributed by atoms with van der Waals surface area (Å²) < 4.78 is 21.0. The standard InChI is InChI=1S/C24H24FN7O2S/c1-12-10-26-21-20-14-3-6-18(28-15(14)4-5-16(20)35-22(21)23(33)27-12)30-19-9-17(25)29-24(31-19)34-13-7-8-32(2)11-13/h3-6,9,12-13,26H,7-8,10-11H2,1-2H3,(H,27,33)(H,28,29,30,31)/t12-,13+/m0/s1. The van der Waals surface area contributed by atoms with Crippen LogP contribution in [0.15, 0.2) is 30.3 Å². The van der Waals surface area contributed by atoms with Crippen molar-refractivity contribution in [3.8, 4) is 6.01 Å². The van der Waals surface area contributed by atoms with Gasteiger partial charge in [-0.05, 0) is 44.7 Å². The summed E-state index contributed by atoms with van der Waals surface area (Å²) in [6, 6.07) is 8.93. The Bertz CT molecular complexity index is 1460. The Labute approximate surface area is 204 Å². The van der Waals surface area contributed by atoms with E-state index in [1.807, 2.05) is 38.2 Å². The van der Waals surface area contributed by atoms with Crippen molar-refractivity contribution in [2.45, 2.75) is 25.5 Å². The lowest BCUT2D eigenvalue weighted by molar-refractivity contribution is 0.0949. The Balaban J connectivity index is 1.31. The molecule has 35 heavy (non-hydrogen) atoms. The Hall–Kier alpha value is -3.57. The van der Waals surface area contributed by atoms with Crippen molar-refractivity contribution < 1.29 is 13.9 Å². The number of likely N-dealkylation sites (N-methyl/N-ethyl adjacent to an activating group) is 1. The van der Waals surface area contributed by atoms with Gasteiger partial charge in [0.1, 0.15) is 22.6 Å². The number of nitrogens with zero attached hydrogens (tertiary/aromatic N) is 4. The maximum Gasteiger partial charge on any atom is 0.321 e. The van der Waals surface area contributed by atoms with Crippen molar-refractivity contribution in [1.82, 2.24) is 25.2 Å². The van der Waals surface area contributed by atoms with E-state index >= 15 is 0 Å². The first-order chi connectivity index (χ1) is 16.9. The third-order valence-electron chi connectivity index (χ3n) is 6.24. The average Bonchev–Trinajstić information content (AvgIpc) is 3.36. The second kappa shape index (κ2) is 8.58. The van der Waals surface area contributed by atoms with Crippen LogP contribution in [0.5, 0.6) is 6.01 Å². The molecule has 1 aromatic carbocycles. The number of halogens is 1. The minimum absolute atomic E-state index is 0.00911. The van der Waals surface area contributed by atoms with Crippen LogP contribution >= 0.6 is 11.3 Å². The van der Waals surface area contributed by atoms with Gasteiger partial charge >= 0.3 is 6.01 Å². The third-order valence-corrected chi connectivity index (χ3v) is 7.40. The van der Waals surface area contributed by atoms with Crippen molar-refractivity contribution in [2.75, 3.05) is 37.3 Å². The van der Waals surface area contributed by atoms with Crippen molar-refractivity contribution in [3.63, 3.8) is 0 Å². The van der Waals surface area contributed by atoms with Crippen molar-refractivity contribution in [2.24, 2.45) is 0 Å². The third kappa shape index (κ3) is 4.21. The van der Waals surface area contributed by atoms with Crippen molar-refractivity contribution in [1.29, 1.82) is 0 Å². The molecule has 0 aliphatic carbocycles. The van der Waals surface area contributed by atoms with E-state index in [4.69, 9.17) is 9.72 Å². The second-order valence-corrected chi connectivity index (χ2v) is 10.1. The monoisotopic (exact) mass is 493 g/mol. The van der Waals surface area contributed by atoms with Gasteiger partial charge < -0.3 is 25.6 Å². The Kier molecular flexibility index (Phi) is 5.37. The molecule has 0 unspecified atom stereocenters. The predicted molar refractivity (Wildman–Crippen MR) is 134 cm³/mol. The van der Waals surface area contributed by atoms with E-state index in [-0.39, 0.29) is 29.9 Å². The summed E-state index contributed by atoms with van der Waals surface area (Å²) in [5.41, 5.74) is 1.60. The first kappa shape index (κ1) is 21.9. The summed E-state index contributed by atoms with van der Waals surface area (Å²) in [6.45, 7) is 4.30. The molecule has 0 bridgehead atoms. The molecule has 3 aromatic heterocycles. The van der Waals surface area contributed by atoms with Gasteiger partial charge in [0.15, 0.2) is 0 Å². The van der Waals surface area contributed by atoms with Crippen LogP contribution in [0.2, 0.25) is 0 Å². The molecule has 2 atom stereocenters. The molecule has 0 radical (unpaired) electrons. The molecule has 11 heteroatoms. The highest BCUT2D eigenvalue weighted by molar-refractivity contribution is 7.21. The van der Waals surface area contributed by atoms with Gasteiger partial charge in [0.25, 0.3) is 5.91 Å². The zero-order valence-electron chi connectivity index (χ0n) is 19.3. The number of thiophene rings is 1. The van der Waals surface area contributed by atoms with Gasteiger partial charge in [-0.25, -0.2) is 4.98 Å². The number of carbonyl (C=O) groups is 1. The molecule has 9 nitrogen and oxygen atoms in total. The zero-order chi connectivity index (χ0) is 24.1. The number of aromatic nitrogens is 3. The number of pyridine rings is 1. The van der Waals surface area contributed by atoms with Crippen LogP contribution in [0.4, 0.5) is 21.7 Å². The first-order valence-corrected chi connectivity index (χ1v) is 12.3. The lowest BCUT2D eigenvalue weighted by Crippen LogP contribution is -2.34. The van der Waals surface area contributed by atoms with Crippen LogP contribution in [-0.2, 0) is 0 Å². The Morgan fingerprint density at radius 1 is 1.20 bits per heavy atom. The number of carbonyl (C=O) groups excluding carboxylic acids is 1. The minimum atomic E-state index is -0.675. The molecular formula is C24H24FN7O2S. The van der Waals surface area contributed by atoms with Gasteiger partial charge in [-0.15, -0.1) is 11.3 Å². The van der Waals surface area contributed by atoms with Gasteiger partial charge in [-0.1, -0.05) is 0 Å². The number of anilines is 3. The van der Waals surface area contributed by atoms with E-state index in [0.717, 1.165) is 46.2 Å². The van der Waals surface area contributed by atoms with E-state index in [9.17, 15) is 9.18 Å². The van der Waals surface area contributed by atoms with E-state index < -0.39 is 5.95 Å². The van der Waals surface area contributed by atoms with E-state index in [2.05, 4.69) is 30.8 Å². The number of benzene rings is 1. The highest BCUT2D eigenvalue weighted by Gasteiger charge is 2.25. The van der Waals surface area contributed by atoms with Gasteiger partial charge in [-0.3, -0.25) is 4.79 Å². The fourth-order valence-electron chi connectivity index (χ4n) is 4.58. The number of hydrogen-bond acceptors (Lipinski definition) is 9. The highest BCUT2D eigenvalue weighted by atomic mass is 32.1. The van der Waals surface area contributed by atoms with Crippen LogP contribution < -0.4 is 20.7 Å². The average molecular weight is 494 g/mol. The van der Waals surface area contributed by atoms with Gasteiger partial charge in [-0.2, -0.15) is 14.4 Å². The molecule has 5 heterocycles. The zero-order valence-corrected chi connectivity index (χ0v) is 20.1. The fourth-order valence-corrected chi connectivity index (χ4v) is 5.68. The summed E-state index contributed by atoms with van der Waals surface area (Å²) in [6.07, 6.45) is 0.789. The van der Waals surface area contributed by atoms with Crippen LogP contribution in [0.1, 0.15) is 23.0 Å². The van der Waals surface area contributed by atoms with Crippen molar-refractivity contribution in [3.05, 3.63) is 41.2 Å². The van der Waals surface area contributed by atoms with Crippen LogP contribution in [-0.4, -0.2) is 64.6 Å². The van der Waals surface area contributed by atoms with Crippen LogP contribution in [0.25, 0.3) is 21.0 Å². The molecule has 180 valence electrons. The molecular weight excluding hydrogens is 469 g/mol. The SMILES string of the molecule is C[C@H]1CNc2c(sc3ccc4nc(Nc5cc(F)nc(O[C@@H]6CCN(C)C6)n5)ccc4c23)C(=O)N1. The normalized spacial score (nSPS) is 20.4. The number of ether oxygens (including phenoxy) is 1. The molecule has 4 aromatic rings. The van der Waals surface area contributed by atoms with Gasteiger partial charge in [0.05, 0.1) is 11.2 Å². The largest absolute Gasteiger partial charge is 0.459 e. The number of amides is 1. The highest BCUT2D eigenvalue weighted by Crippen LogP contribution is 2.41. The first-order valence-electron chi connectivity index (χ1n) is 11.5. The number of rotatable bonds is 4. The summed E-state index contributed by atoms with van der Waals surface area (Å²) in [4.78, 5) is 28.3. The van der Waals surface area contributed by atoms with Gasteiger partial charge in [0.2, 0.25) is 5.95 Å². The minimum Gasteiger partial charge on any atom is -0.459 e. The molecule has 3 N–H and O–H groups in total. The molecule has 1 saturated heterocycles. The molecule has 2 aliphatic rings. The second-order valence-electron chi connectivity index (χ2n) is 9.04. The lowest BCUT2D eigenvalue weighted by Gasteiger charge is -2.13. The van der Waals surface area contributed by atoms with E-state index in [0.29, 0.717) is 17.2 Å². The van der Waals surface area contributed by atoms with Crippen molar-refractivity contribution >= 4 is 55.6 Å². The van der Waals surface area contributed by atoms with Gasteiger partial charge in [0, 0.05) is 47.2 Å². The molecule has 0 saturated carbocycles.